The number of methoxy groups -OCH3 is 1. The zero-order valence-electron chi connectivity index (χ0n) is 17.6. The van der Waals surface area contributed by atoms with Crippen LogP contribution in [0.2, 0.25) is 0 Å². The van der Waals surface area contributed by atoms with E-state index in [1.54, 1.807) is 19.2 Å². The van der Waals surface area contributed by atoms with Crippen molar-refractivity contribution in [3.8, 4) is 5.75 Å². The van der Waals surface area contributed by atoms with E-state index in [0.717, 1.165) is 11.0 Å². The first-order chi connectivity index (χ1) is 13.5. The van der Waals surface area contributed by atoms with Gasteiger partial charge < -0.3 is 14.0 Å². The predicted octanol–water partition coefficient (Wildman–Crippen LogP) is 2.52. The van der Waals surface area contributed by atoms with Gasteiger partial charge >= 0.3 is 7.12 Å². The fourth-order valence-corrected chi connectivity index (χ4v) is 4.02. The van der Waals surface area contributed by atoms with Gasteiger partial charge in [-0.1, -0.05) is 24.3 Å². The molecule has 8 heteroatoms. The lowest BCUT2D eigenvalue weighted by atomic mass is 9.79. The molecule has 0 radical (unpaired) electrons. The Morgan fingerprint density at radius 2 is 1.48 bits per heavy atom. The Morgan fingerprint density at radius 1 is 0.931 bits per heavy atom. The van der Waals surface area contributed by atoms with Crippen LogP contribution in [0.3, 0.4) is 0 Å². The summed E-state index contributed by atoms with van der Waals surface area (Å²) in [5.41, 5.74) is 1.22. The molecule has 2 aromatic carbocycles. The number of sulfonamides is 1. The maximum Gasteiger partial charge on any atom is 0.494 e. The van der Waals surface area contributed by atoms with E-state index >= 15 is 0 Å². The number of ether oxygens (including phenoxy) is 1. The third kappa shape index (κ3) is 4.83. The van der Waals surface area contributed by atoms with Crippen LogP contribution in [0.1, 0.15) is 33.3 Å². The molecule has 1 aliphatic heterocycles. The second-order valence-electron chi connectivity index (χ2n) is 8.15. The van der Waals surface area contributed by atoms with Gasteiger partial charge in [-0.25, -0.2) is 13.1 Å². The zero-order valence-corrected chi connectivity index (χ0v) is 18.4. The van der Waals surface area contributed by atoms with E-state index in [-0.39, 0.29) is 16.1 Å². The summed E-state index contributed by atoms with van der Waals surface area (Å²) in [6.45, 7) is 8.41. The molecule has 1 fully saturated rings. The van der Waals surface area contributed by atoms with E-state index in [1.807, 2.05) is 52.0 Å². The average molecular weight is 417 g/mol. The highest BCUT2D eigenvalue weighted by Crippen LogP contribution is 2.36. The summed E-state index contributed by atoms with van der Waals surface area (Å²) in [7, 11) is -2.41. The van der Waals surface area contributed by atoms with Gasteiger partial charge in [0.1, 0.15) is 5.75 Å². The van der Waals surface area contributed by atoms with E-state index in [4.69, 9.17) is 14.0 Å². The van der Waals surface area contributed by atoms with Crippen molar-refractivity contribution >= 4 is 22.6 Å². The SMILES string of the molecule is COc1ccc(S(=O)(=O)NCCc2ccc(B3OC(C)(C)C(C)(C)O3)cc2)cc1. The van der Waals surface area contributed by atoms with Gasteiger partial charge in [-0.2, -0.15) is 0 Å². The van der Waals surface area contributed by atoms with Crippen molar-refractivity contribution in [3.63, 3.8) is 0 Å². The molecule has 1 heterocycles. The lowest BCUT2D eigenvalue weighted by Crippen LogP contribution is -2.41. The Bertz CT molecular complexity index is 924. The van der Waals surface area contributed by atoms with Crippen molar-refractivity contribution in [3.05, 3.63) is 54.1 Å². The summed E-state index contributed by atoms with van der Waals surface area (Å²) in [5.74, 6) is 0.617. The molecule has 6 nitrogen and oxygen atoms in total. The largest absolute Gasteiger partial charge is 0.497 e. The van der Waals surface area contributed by atoms with Gasteiger partial charge in [0.25, 0.3) is 0 Å². The smallest absolute Gasteiger partial charge is 0.494 e. The van der Waals surface area contributed by atoms with Gasteiger partial charge in [0, 0.05) is 6.54 Å². The van der Waals surface area contributed by atoms with Crippen LogP contribution < -0.4 is 14.9 Å². The first kappa shape index (κ1) is 21.8. The Kier molecular flexibility index (Phi) is 6.10. The summed E-state index contributed by atoms with van der Waals surface area (Å²) in [6, 6.07) is 14.2. The summed E-state index contributed by atoms with van der Waals surface area (Å²) in [4.78, 5) is 0.217. The van der Waals surface area contributed by atoms with Crippen LogP contribution in [-0.4, -0.2) is 40.4 Å². The first-order valence-corrected chi connectivity index (χ1v) is 11.1. The quantitative estimate of drug-likeness (QED) is 0.701. The minimum atomic E-state index is -3.55. The molecule has 0 aliphatic carbocycles. The summed E-state index contributed by atoms with van der Waals surface area (Å²) < 4.78 is 44.6. The Labute approximate surface area is 173 Å². The standard InChI is InChI=1S/C21H28BNO5S/c1-20(2)21(3,4)28-22(27-20)17-8-6-16(7-9-17)14-15-23-29(24,25)19-12-10-18(26-5)11-13-19/h6-13,23H,14-15H2,1-5H3. The topological polar surface area (TPSA) is 73.9 Å². The minimum absolute atomic E-state index is 0.217. The van der Waals surface area contributed by atoms with Gasteiger partial charge in [-0.3, -0.25) is 0 Å². The highest BCUT2D eigenvalue weighted by Gasteiger charge is 2.51. The summed E-state index contributed by atoms with van der Waals surface area (Å²) in [5, 5.41) is 0. The lowest BCUT2D eigenvalue weighted by molar-refractivity contribution is 0.00578. The van der Waals surface area contributed by atoms with E-state index in [0.29, 0.717) is 18.7 Å². The number of benzene rings is 2. The Morgan fingerprint density at radius 3 is 2.00 bits per heavy atom. The molecule has 1 aliphatic rings. The number of hydrogen-bond acceptors (Lipinski definition) is 5. The lowest BCUT2D eigenvalue weighted by Gasteiger charge is -2.32. The molecule has 1 N–H and O–H groups in total. The predicted molar refractivity (Wildman–Crippen MR) is 114 cm³/mol. The van der Waals surface area contributed by atoms with E-state index < -0.39 is 17.1 Å². The molecule has 0 amide bonds. The summed E-state index contributed by atoms with van der Waals surface area (Å²) in [6.07, 6.45) is 0.582. The van der Waals surface area contributed by atoms with Gasteiger partial charge in [0.05, 0.1) is 23.2 Å². The van der Waals surface area contributed by atoms with Crippen molar-refractivity contribution in [2.24, 2.45) is 0 Å². The monoisotopic (exact) mass is 417 g/mol. The second kappa shape index (κ2) is 8.10. The molecule has 156 valence electrons. The Hall–Kier alpha value is -1.87. The fourth-order valence-electron chi connectivity index (χ4n) is 2.99. The number of nitrogens with one attached hydrogen (secondary N) is 1. The van der Waals surface area contributed by atoms with Gasteiger partial charge in [0.15, 0.2) is 0 Å². The van der Waals surface area contributed by atoms with Crippen LogP contribution >= 0.6 is 0 Å². The third-order valence-corrected chi connectivity index (χ3v) is 7.06. The van der Waals surface area contributed by atoms with Crippen molar-refractivity contribution in [1.82, 2.24) is 4.72 Å². The number of hydrogen-bond donors (Lipinski definition) is 1. The molecule has 1 saturated heterocycles. The highest BCUT2D eigenvalue weighted by atomic mass is 32.2. The normalized spacial score (nSPS) is 18.0. The Balaban J connectivity index is 1.56. The van der Waals surface area contributed by atoms with Crippen molar-refractivity contribution in [1.29, 1.82) is 0 Å². The maximum absolute atomic E-state index is 12.4. The number of rotatable bonds is 7. The van der Waals surface area contributed by atoms with Gasteiger partial charge in [-0.15, -0.1) is 0 Å². The molecule has 0 saturated carbocycles. The first-order valence-electron chi connectivity index (χ1n) is 9.62. The van der Waals surface area contributed by atoms with Crippen molar-refractivity contribution in [2.75, 3.05) is 13.7 Å². The summed E-state index contributed by atoms with van der Waals surface area (Å²) >= 11 is 0. The zero-order chi connectivity index (χ0) is 21.3. The van der Waals surface area contributed by atoms with Gasteiger partial charge in [-0.05, 0) is 69.4 Å². The van der Waals surface area contributed by atoms with Crippen molar-refractivity contribution < 1.29 is 22.5 Å². The van der Waals surface area contributed by atoms with Gasteiger partial charge in [0.2, 0.25) is 10.0 Å². The molecule has 29 heavy (non-hydrogen) atoms. The van der Waals surface area contributed by atoms with Crippen LogP contribution in [0, 0.1) is 0 Å². The molecule has 2 aromatic rings. The molecule has 0 bridgehead atoms. The maximum atomic E-state index is 12.4. The van der Waals surface area contributed by atoms with Crippen LogP contribution in [0.15, 0.2) is 53.4 Å². The fraction of sp³-hybridized carbons (Fsp3) is 0.429. The highest BCUT2D eigenvalue weighted by molar-refractivity contribution is 7.89. The van der Waals surface area contributed by atoms with E-state index in [2.05, 4.69) is 4.72 Å². The van der Waals surface area contributed by atoms with E-state index in [9.17, 15) is 8.42 Å². The van der Waals surface area contributed by atoms with Crippen molar-refractivity contribution in [2.45, 2.75) is 50.2 Å². The van der Waals surface area contributed by atoms with Crippen LogP contribution in [0.25, 0.3) is 0 Å². The molecular formula is C21H28BNO5S. The van der Waals surface area contributed by atoms with E-state index in [1.165, 1.54) is 12.1 Å². The average Bonchev–Trinajstić information content (AvgIpc) is 2.89. The molecule has 3 rings (SSSR count). The van der Waals surface area contributed by atoms with Crippen LogP contribution in [0.5, 0.6) is 5.75 Å². The van der Waals surface area contributed by atoms with Crippen LogP contribution in [0.4, 0.5) is 0 Å². The molecular weight excluding hydrogens is 389 g/mol. The molecule has 0 aromatic heterocycles. The minimum Gasteiger partial charge on any atom is -0.497 e. The second-order valence-corrected chi connectivity index (χ2v) is 9.92. The molecule has 0 unspecified atom stereocenters. The third-order valence-electron chi connectivity index (χ3n) is 5.58. The molecule has 0 atom stereocenters. The van der Waals surface area contributed by atoms with Crippen LogP contribution in [-0.2, 0) is 25.8 Å². The molecule has 0 spiro atoms.